The van der Waals surface area contributed by atoms with Gasteiger partial charge in [0.15, 0.2) is 17.5 Å². The van der Waals surface area contributed by atoms with Crippen LogP contribution in [0.1, 0.15) is 52.9 Å². The van der Waals surface area contributed by atoms with Crippen LogP contribution in [0.5, 0.6) is 0 Å². The molecule has 0 aromatic heterocycles. The van der Waals surface area contributed by atoms with E-state index in [4.69, 9.17) is 0 Å². The highest BCUT2D eigenvalue weighted by atomic mass is 19.2. The lowest BCUT2D eigenvalue weighted by Gasteiger charge is -2.39. The average Bonchev–Trinajstić information content (AvgIpc) is 2.48. The van der Waals surface area contributed by atoms with E-state index < -0.39 is 17.5 Å². The summed E-state index contributed by atoms with van der Waals surface area (Å²) in [6.45, 7) is 6.79. The van der Waals surface area contributed by atoms with E-state index in [9.17, 15) is 13.2 Å². The number of nitrogens with one attached hydrogen (secondary N) is 1. The lowest BCUT2D eigenvalue weighted by atomic mass is 9.69. The van der Waals surface area contributed by atoms with Crippen LogP contribution >= 0.6 is 0 Å². The summed E-state index contributed by atoms with van der Waals surface area (Å²) in [7, 11) is 0. The highest BCUT2D eigenvalue weighted by Gasteiger charge is 2.32. The fraction of sp³-hybridized carbons (Fsp3) is 0.647. The first-order valence-electron chi connectivity index (χ1n) is 7.75. The number of rotatable bonds is 4. The van der Waals surface area contributed by atoms with Crippen LogP contribution in [0.4, 0.5) is 18.9 Å². The van der Waals surface area contributed by atoms with Crippen LogP contribution in [0, 0.1) is 28.8 Å². The second-order valence-corrected chi connectivity index (χ2v) is 6.76. The van der Waals surface area contributed by atoms with Crippen molar-refractivity contribution in [3.8, 4) is 0 Å². The zero-order valence-electron chi connectivity index (χ0n) is 13.0. The molecule has 1 aromatic rings. The molecule has 2 rings (SSSR count). The van der Waals surface area contributed by atoms with E-state index in [0.717, 1.165) is 38.2 Å². The van der Waals surface area contributed by atoms with Crippen molar-refractivity contribution >= 4 is 5.69 Å². The van der Waals surface area contributed by atoms with Crippen molar-refractivity contribution in [3.05, 3.63) is 29.6 Å². The predicted octanol–water partition coefficient (Wildman–Crippen LogP) is 5.51. The minimum Gasteiger partial charge on any atom is -0.380 e. The molecule has 0 atom stereocenters. The fourth-order valence-corrected chi connectivity index (χ4v) is 3.17. The molecule has 1 aliphatic carbocycles. The van der Waals surface area contributed by atoms with E-state index in [2.05, 4.69) is 26.1 Å². The number of hydrogen-bond donors (Lipinski definition) is 1. The van der Waals surface area contributed by atoms with Gasteiger partial charge in [0.2, 0.25) is 0 Å². The minimum atomic E-state index is -1.40. The maximum Gasteiger partial charge on any atom is 0.196 e. The van der Waals surface area contributed by atoms with Gasteiger partial charge in [-0.05, 0) is 49.1 Å². The second-order valence-electron chi connectivity index (χ2n) is 6.76. The van der Waals surface area contributed by atoms with E-state index in [-0.39, 0.29) is 11.7 Å². The molecule has 21 heavy (non-hydrogen) atoms. The molecule has 0 bridgehead atoms. The van der Waals surface area contributed by atoms with Crippen molar-refractivity contribution in [2.75, 3.05) is 5.32 Å². The quantitative estimate of drug-likeness (QED) is 0.723. The van der Waals surface area contributed by atoms with Gasteiger partial charge < -0.3 is 5.32 Å². The third-order valence-electron chi connectivity index (χ3n) is 5.14. The Hall–Kier alpha value is -1.19. The van der Waals surface area contributed by atoms with Gasteiger partial charge in [-0.1, -0.05) is 27.2 Å². The maximum absolute atomic E-state index is 13.7. The highest BCUT2D eigenvalue weighted by molar-refractivity contribution is 5.46. The summed E-state index contributed by atoms with van der Waals surface area (Å²) in [6.07, 6.45) is 5.19. The van der Waals surface area contributed by atoms with Gasteiger partial charge in [-0.3, -0.25) is 0 Å². The molecule has 1 fully saturated rings. The van der Waals surface area contributed by atoms with Gasteiger partial charge in [-0.2, -0.15) is 0 Å². The van der Waals surface area contributed by atoms with E-state index in [1.54, 1.807) is 0 Å². The largest absolute Gasteiger partial charge is 0.380 e. The van der Waals surface area contributed by atoms with Gasteiger partial charge in [0.05, 0.1) is 5.69 Å². The monoisotopic (exact) mass is 299 g/mol. The molecule has 0 aliphatic heterocycles. The minimum absolute atomic E-state index is 0.0621. The first kappa shape index (κ1) is 16.2. The Morgan fingerprint density at radius 2 is 1.67 bits per heavy atom. The Labute approximate surface area is 124 Å². The van der Waals surface area contributed by atoms with Crippen LogP contribution in [0.25, 0.3) is 0 Å². The molecule has 1 N–H and O–H groups in total. The first-order valence-corrected chi connectivity index (χ1v) is 7.75. The molecule has 4 heteroatoms. The van der Waals surface area contributed by atoms with Crippen LogP contribution in [0.3, 0.4) is 0 Å². The molecule has 0 radical (unpaired) electrons. The Morgan fingerprint density at radius 1 is 1.05 bits per heavy atom. The number of benzene rings is 1. The SMILES string of the molecule is CCC(C)(C)C1CCC(Nc2ccc(F)c(F)c2F)CC1. The van der Waals surface area contributed by atoms with Gasteiger partial charge in [0.1, 0.15) is 0 Å². The summed E-state index contributed by atoms with van der Waals surface area (Å²) in [4.78, 5) is 0. The second kappa shape index (κ2) is 6.29. The summed E-state index contributed by atoms with van der Waals surface area (Å²) >= 11 is 0. The summed E-state index contributed by atoms with van der Waals surface area (Å²) in [5.41, 5.74) is 0.394. The van der Waals surface area contributed by atoms with E-state index in [1.807, 2.05) is 0 Å². The third-order valence-corrected chi connectivity index (χ3v) is 5.14. The van der Waals surface area contributed by atoms with Crippen molar-refractivity contribution in [2.24, 2.45) is 11.3 Å². The van der Waals surface area contributed by atoms with Crippen molar-refractivity contribution in [3.63, 3.8) is 0 Å². The summed E-state index contributed by atoms with van der Waals surface area (Å²) in [5.74, 6) is -2.99. The Kier molecular flexibility index (Phi) is 4.84. The number of halogens is 3. The lowest BCUT2D eigenvalue weighted by Crippen LogP contribution is -2.33. The number of hydrogen-bond acceptors (Lipinski definition) is 1. The van der Waals surface area contributed by atoms with Crippen LogP contribution in [0.15, 0.2) is 12.1 Å². The van der Waals surface area contributed by atoms with Crippen molar-refractivity contribution < 1.29 is 13.2 Å². The predicted molar refractivity (Wildman–Crippen MR) is 79.8 cm³/mol. The van der Waals surface area contributed by atoms with Crippen LogP contribution < -0.4 is 5.32 Å². The molecule has 0 heterocycles. The average molecular weight is 299 g/mol. The zero-order valence-corrected chi connectivity index (χ0v) is 13.0. The standard InChI is InChI=1S/C17H24F3N/c1-4-17(2,3)11-5-7-12(8-6-11)21-14-10-9-13(18)15(19)16(14)20/h9-12,21H,4-8H2,1-3H3. The van der Waals surface area contributed by atoms with E-state index >= 15 is 0 Å². The third kappa shape index (κ3) is 3.53. The van der Waals surface area contributed by atoms with Crippen LogP contribution in [-0.2, 0) is 0 Å². The molecular formula is C17H24F3N. The van der Waals surface area contributed by atoms with Gasteiger partial charge in [0, 0.05) is 6.04 Å². The van der Waals surface area contributed by atoms with Gasteiger partial charge in [0.25, 0.3) is 0 Å². The van der Waals surface area contributed by atoms with Crippen molar-refractivity contribution in [1.82, 2.24) is 0 Å². The van der Waals surface area contributed by atoms with Gasteiger partial charge in [-0.25, -0.2) is 13.2 Å². The van der Waals surface area contributed by atoms with Gasteiger partial charge in [-0.15, -0.1) is 0 Å². The molecule has 0 unspecified atom stereocenters. The van der Waals surface area contributed by atoms with Crippen LogP contribution in [-0.4, -0.2) is 6.04 Å². The van der Waals surface area contributed by atoms with Gasteiger partial charge >= 0.3 is 0 Å². The Balaban J connectivity index is 1.97. The first-order chi connectivity index (χ1) is 9.85. The normalized spacial score (nSPS) is 23.1. The topological polar surface area (TPSA) is 12.0 Å². The summed E-state index contributed by atoms with van der Waals surface area (Å²) < 4.78 is 39.8. The van der Waals surface area contributed by atoms with E-state index in [0.29, 0.717) is 11.3 Å². The fourth-order valence-electron chi connectivity index (χ4n) is 3.17. The molecule has 1 aliphatic rings. The highest BCUT2D eigenvalue weighted by Crippen LogP contribution is 2.41. The molecule has 0 amide bonds. The molecular weight excluding hydrogens is 275 g/mol. The van der Waals surface area contributed by atoms with Crippen molar-refractivity contribution in [2.45, 2.75) is 58.9 Å². The summed E-state index contributed by atoms with van der Waals surface area (Å²) in [5, 5.41) is 3.03. The molecule has 1 saturated carbocycles. The molecule has 118 valence electrons. The Morgan fingerprint density at radius 3 is 2.24 bits per heavy atom. The van der Waals surface area contributed by atoms with E-state index in [1.165, 1.54) is 6.07 Å². The smallest absolute Gasteiger partial charge is 0.196 e. The molecule has 0 saturated heterocycles. The summed E-state index contributed by atoms with van der Waals surface area (Å²) in [6, 6.07) is 2.37. The lowest BCUT2D eigenvalue weighted by molar-refractivity contribution is 0.147. The zero-order chi connectivity index (χ0) is 15.6. The molecule has 0 spiro atoms. The molecule has 1 nitrogen and oxygen atoms in total. The Bertz CT molecular complexity index is 491. The molecule has 1 aromatic carbocycles. The van der Waals surface area contributed by atoms with Crippen molar-refractivity contribution in [1.29, 1.82) is 0 Å². The number of anilines is 1. The maximum atomic E-state index is 13.7. The van der Waals surface area contributed by atoms with Crippen LogP contribution in [0.2, 0.25) is 0 Å².